The summed E-state index contributed by atoms with van der Waals surface area (Å²) in [5.41, 5.74) is 6.07. The van der Waals surface area contributed by atoms with Gasteiger partial charge in [0.15, 0.2) is 0 Å². The minimum atomic E-state index is -4.24. The van der Waals surface area contributed by atoms with E-state index >= 15 is 0 Å². The number of aliphatic hydroxyl groups excluding tert-OH is 1. The number of hydrogen-bond acceptors (Lipinski definition) is 4. The summed E-state index contributed by atoms with van der Waals surface area (Å²) < 4.78 is 45.3. The van der Waals surface area contributed by atoms with Gasteiger partial charge in [-0.25, -0.2) is 0 Å². The summed E-state index contributed by atoms with van der Waals surface area (Å²) in [6.45, 7) is -0.733. The fourth-order valence-corrected chi connectivity index (χ4v) is 1.21. The van der Waals surface area contributed by atoms with Crippen LogP contribution in [0.25, 0.3) is 0 Å². The van der Waals surface area contributed by atoms with Gasteiger partial charge in [0.25, 0.3) is 0 Å². The number of halogens is 3. The van der Waals surface area contributed by atoms with Crippen molar-refractivity contribution in [1.29, 1.82) is 0 Å². The van der Waals surface area contributed by atoms with E-state index in [-0.39, 0.29) is 13.2 Å². The molecule has 0 bridgehead atoms. The van der Waals surface area contributed by atoms with E-state index in [4.69, 9.17) is 15.2 Å². The van der Waals surface area contributed by atoms with E-state index in [0.29, 0.717) is 11.4 Å². The lowest BCUT2D eigenvalue weighted by Crippen LogP contribution is -2.24. The molecule has 3 N–H and O–H groups in total. The minimum Gasteiger partial charge on any atom is -0.491 e. The van der Waals surface area contributed by atoms with Crippen LogP contribution in [0.15, 0.2) is 24.3 Å². The van der Waals surface area contributed by atoms with Crippen molar-refractivity contribution in [3.8, 4) is 5.75 Å². The maximum atomic E-state index is 11.8. The largest absolute Gasteiger partial charge is 0.491 e. The summed E-state index contributed by atoms with van der Waals surface area (Å²) in [6, 6.07) is 6.54. The predicted octanol–water partition coefficient (Wildman–Crippen LogP) is 1.98. The Bertz CT molecular complexity index is 367. The number of anilines is 1. The van der Waals surface area contributed by atoms with Crippen LogP contribution in [0.2, 0.25) is 0 Å². The maximum Gasteiger partial charge on any atom is 0.391 e. The van der Waals surface area contributed by atoms with Gasteiger partial charge in [-0.2, -0.15) is 13.2 Å². The van der Waals surface area contributed by atoms with Gasteiger partial charge < -0.3 is 20.3 Å². The van der Waals surface area contributed by atoms with Crippen molar-refractivity contribution in [2.24, 2.45) is 0 Å². The molecule has 0 aliphatic heterocycles. The molecular weight excluding hydrogens is 263 g/mol. The number of hydrogen-bond donors (Lipinski definition) is 2. The van der Waals surface area contributed by atoms with E-state index in [1.807, 2.05) is 0 Å². The van der Waals surface area contributed by atoms with Crippen molar-refractivity contribution < 1.29 is 27.8 Å². The van der Waals surface area contributed by atoms with Crippen molar-refractivity contribution >= 4 is 5.69 Å². The van der Waals surface area contributed by atoms with Crippen LogP contribution < -0.4 is 10.5 Å². The zero-order chi connectivity index (χ0) is 14.3. The number of rotatable bonds is 7. The zero-order valence-electron chi connectivity index (χ0n) is 10.2. The van der Waals surface area contributed by atoms with Crippen LogP contribution in [-0.2, 0) is 4.74 Å². The number of nitrogen functional groups attached to an aromatic ring is 1. The predicted molar refractivity (Wildman–Crippen MR) is 63.8 cm³/mol. The molecule has 1 rings (SSSR count). The van der Waals surface area contributed by atoms with Crippen LogP contribution in [0.5, 0.6) is 5.75 Å². The number of alkyl halides is 3. The second-order valence-electron chi connectivity index (χ2n) is 3.97. The van der Waals surface area contributed by atoms with Crippen molar-refractivity contribution in [3.05, 3.63) is 24.3 Å². The fraction of sp³-hybridized carbons (Fsp3) is 0.500. The highest BCUT2D eigenvalue weighted by molar-refractivity contribution is 5.41. The molecule has 0 aromatic heterocycles. The van der Waals surface area contributed by atoms with Gasteiger partial charge in [0.1, 0.15) is 18.5 Å². The first-order valence-corrected chi connectivity index (χ1v) is 5.68. The molecule has 0 fully saturated rings. The summed E-state index contributed by atoms with van der Waals surface area (Å²) in [4.78, 5) is 0. The summed E-state index contributed by atoms with van der Waals surface area (Å²) in [5, 5.41) is 9.44. The van der Waals surface area contributed by atoms with Gasteiger partial charge in [-0.05, 0) is 24.3 Å². The summed E-state index contributed by atoms with van der Waals surface area (Å²) in [5.74, 6) is 0.517. The molecule has 0 aliphatic rings. The molecule has 1 unspecified atom stereocenters. The quantitative estimate of drug-likeness (QED) is 0.591. The van der Waals surface area contributed by atoms with Crippen LogP contribution in [0.1, 0.15) is 6.42 Å². The van der Waals surface area contributed by atoms with Gasteiger partial charge in [0.05, 0.1) is 19.6 Å². The molecule has 1 aromatic carbocycles. The lowest BCUT2D eigenvalue weighted by Gasteiger charge is -2.13. The third kappa shape index (κ3) is 7.53. The van der Waals surface area contributed by atoms with Crippen LogP contribution in [0, 0.1) is 0 Å². The van der Waals surface area contributed by atoms with Crippen molar-refractivity contribution in [3.63, 3.8) is 0 Å². The average Bonchev–Trinajstić information content (AvgIpc) is 2.33. The molecule has 1 aromatic rings. The number of nitrogens with two attached hydrogens (primary N) is 1. The molecule has 1 atom stereocenters. The SMILES string of the molecule is Nc1ccc(OCC(O)COCCC(F)(F)F)cc1. The molecular formula is C12H16F3NO3. The summed E-state index contributed by atoms with van der Waals surface area (Å²) in [6.07, 6.45) is -6.25. The Hall–Kier alpha value is -1.47. The minimum absolute atomic E-state index is 0.0596. The van der Waals surface area contributed by atoms with E-state index < -0.39 is 25.3 Å². The van der Waals surface area contributed by atoms with E-state index in [0.717, 1.165) is 0 Å². The second kappa shape index (κ2) is 7.20. The Kier molecular flexibility index (Phi) is 5.91. The fourth-order valence-electron chi connectivity index (χ4n) is 1.21. The molecule has 7 heteroatoms. The molecule has 0 amide bonds. The van der Waals surface area contributed by atoms with Gasteiger partial charge in [-0.1, -0.05) is 0 Å². The molecule has 4 nitrogen and oxygen atoms in total. The van der Waals surface area contributed by atoms with Gasteiger partial charge in [0, 0.05) is 5.69 Å². The van der Waals surface area contributed by atoms with Crippen LogP contribution in [0.4, 0.5) is 18.9 Å². The molecule has 19 heavy (non-hydrogen) atoms. The topological polar surface area (TPSA) is 64.7 Å². The molecule has 0 radical (unpaired) electrons. The van der Waals surface area contributed by atoms with Gasteiger partial charge >= 0.3 is 6.18 Å². The van der Waals surface area contributed by atoms with Gasteiger partial charge in [0.2, 0.25) is 0 Å². The molecule has 108 valence electrons. The van der Waals surface area contributed by atoms with E-state index in [1.54, 1.807) is 24.3 Å². The Morgan fingerprint density at radius 2 is 1.79 bits per heavy atom. The first-order valence-electron chi connectivity index (χ1n) is 5.68. The van der Waals surface area contributed by atoms with E-state index in [1.165, 1.54) is 0 Å². The lowest BCUT2D eigenvalue weighted by molar-refractivity contribution is -0.147. The Balaban J connectivity index is 2.14. The average molecular weight is 279 g/mol. The summed E-state index contributed by atoms with van der Waals surface area (Å²) in [7, 11) is 0. The van der Waals surface area contributed by atoms with Crippen molar-refractivity contribution in [2.45, 2.75) is 18.7 Å². The molecule has 0 heterocycles. The highest BCUT2D eigenvalue weighted by atomic mass is 19.4. The smallest absolute Gasteiger partial charge is 0.391 e. The Morgan fingerprint density at radius 1 is 1.16 bits per heavy atom. The van der Waals surface area contributed by atoms with E-state index in [2.05, 4.69) is 0 Å². The maximum absolute atomic E-state index is 11.8. The summed E-state index contributed by atoms with van der Waals surface area (Å²) >= 11 is 0. The number of ether oxygens (including phenoxy) is 2. The normalized spacial score (nSPS) is 13.3. The molecule has 0 saturated carbocycles. The highest BCUT2D eigenvalue weighted by Gasteiger charge is 2.26. The lowest BCUT2D eigenvalue weighted by atomic mass is 10.3. The van der Waals surface area contributed by atoms with Crippen LogP contribution in [-0.4, -0.2) is 37.2 Å². The highest BCUT2D eigenvalue weighted by Crippen LogP contribution is 2.19. The molecule has 0 spiro atoms. The second-order valence-corrected chi connectivity index (χ2v) is 3.97. The Morgan fingerprint density at radius 3 is 2.37 bits per heavy atom. The Labute approximate surface area is 108 Å². The first kappa shape index (κ1) is 15.6. The number of aliphatic hydroxyl groups is 1. The number of benzene rings is 1. The van der Waals surface area contributed by atoms with E-state index in [9.17, 15) is 18.3 Å². The standard InChI is InChI=1S/C12H16F3NO3/c13-12(14,15)5-6-18-7-10(17)8-19-11-3-1-9(16)2-4-11/h1-4,10,17H,5-8,16H2. The van der Waals surface area contributed by atoms with Gasteiger partial charge in [-0.3, -0.25) is 0 Å². The first-order chi connectivity index (χ1) is 8.87. The van der Waals surface area contributed by atoms with Crippen molar-refractivity contribution in [2.75, 3.05) is 25.6 Å². The van der Waals surface area contributed by atoms with Crippen LogP contribution >= 0.6 is 0 Å². The molecule has 0 saturated heterocycles. The van der Waals surface area contributed by atoms with Gasteiger partial charge in [-0.15, -0.1) is 0 Å². The molecule has 0 aliphatic carbocycles. The van der Waals surface area contributed by atoms with Crippen molar-refractivity contribution in [1.82, 2.24) is 0 Å². The zero-order valence-corrected chi connectivity index (χ0v) is 10.2. The third-order valence-electron chi connectivity index (χ3n) is 2.16. The van der Waals surface area contributed by atoms with Crippen LogP contribution in [0.3, 0.4) is 0 Å². The third-order valence-corrected chi connectivity index (χ3v) is 2.16. The monoisotopic (exact) mass is 279 g/mol.